The molecule has 0 bridgehead atoms. The van der Waals surface area contributed by atoms with Crippen LogP contribution in [-0.4, -0.2) is 48.2 Å². The van der Waals surface area contributed by atoms with Crippen molar-refractivity contribution in [3.8, 4) is 0 Å². The van der Waals surface area contributed by atoms with Crippen LogP contribution in [-0.2, 0) is 4.79 Å². The van der Waals surface area contributed by atoms with Gasteiger partial charge in [0.2, 0.25) is 5.91 Å². The number of rotatable bonds is 6. The topological polar surface area (TPSA) is 52.6 Å². The first kappa shape index (κ1) is 12.5. The quantitative estimate of drug-likeness (QED) is 0.665. The summed E-state index contributed by atoms with van der Waals surface area (Å²) in [4.78, 5) is 13.7. The molecule has 4 nitrogen and oxygen atoms in total. The summed E-state index contributed by atoms with van der Waals surface area (Å²) in [6.07, 6.45) is 1.69. The second-order valence-corrected chi connectivity index (χ2v) is 4.30. The van der Waals surface area contributed by atoms with E-state index in [4.69, 9.17) is 5.11 Å². The van der Waals surface area contributed by atoms with E-state index >= 15 is 0 Å². The van der Waals surface area contributed by atoms with Gasteiger partial charge in [-0.2, -0.15) is 0 Å². The molecule has 1 aliphatic rings. The van der Waals surface area contributed by atoms with Crippen molar-refractivity contribution in [1.82, 2.24) is 10.2 Å². The van der Waals surface area contributed by atoms with Crippen molar-refractivity contribution in [3.63, 3.8) is 0 Å². The highest BCUT2D eigenvalue weighted by Gasteiger charge is 2.31. The van der Waals surface area contributed by atoms with E-state index in [9.17, 15) is 4.79 Å². The van der Waals surface area contributed by atoms with Crippen LogP contribution in [0.25, 0.3) is 0 Å². The molecular weight excluding hydrogens is 192 g/mol. The molecule has 0 aliphatic carbocycles. The average molecular weight is 214 g/mol. The maximum absolute atomic E-state index is 11.8. The van der Waals surface area contributed by atoms with Gasteiger partial charge < -0.3 is 15.3 Å². The Labute approximate surface area is 91.6 Å². The van der Waals surface area contributed by atoms with Crippen LogP contribution in [0.2, 0.25) is 0 Å². The van der Waals surface area contributed by atoms with E-state index in [1.54, 1.807) is 0 Å². The van der Waals surface area contributed by atoms with Crippen LogP contribution < -0.4 is 5.32 Å². The summed E-state index contributed by atoms with van der Waals surface area (Å²) in [5.41, 5.74) is 0. The molecule has 2 unspecified atom stereocenters. The molecule has 2 atom stereocenters. The minimum atomic E-state index is 0.0244. The monoisotopic (exact) mass is 214 g/mol. The Morgan fingerprint density at radius 3 is 3.00 bits per heavy atom. The number of aliphatic hydroxyl groups excluding tert-OH is 1. The summed E-state index contributed by atoms with van der Waals surface area (Å²) in [7, 11) is 0. The largest absolute Gasteiger partial charge is 0.396 e. The molecule has 0 aromatic heterocycles. The third-order valence-electron chi connectivity index (χ3n) is 2.90. The molecule has 1 fully saturated rings. The van der Waals surface area contributed by atoms with E-state index in [-0.39, 0.29) is 18.6 Å². The Bertz CT molecular complexity index is 209. The highest BCUT2D eigenvalue weighted by molar-refractivity contribution is 5.83. The number of amides is 1. The molecule has 0 aromatic carbocycles. The van der Waals surface area contributed by atoms with Crippen molar-refractivity contribution in [2.75, 3.05) is 26.2 Å². The molecule has 0 saturated carbocycles. The molecule has 15 heavy (non-hydrogen) atoms. The van der Waals surface area contributed by atoms with Crippen molar-refractivity contribution >= 4 is 5.91 Å². The number of carbonyl (C=O) groups is 1. The number of nitrogens with zero attached hydrogens (tertiary/aromatic N) is 1. The Morgan fingerprint density at radius 2 is 2.40 bits per heavy atom. The van der Waals surface area contributed by atoms with Gasteiger partial charge in [-0.25, -0.2) is 0 Å². The van der Waals surface area contributed by atoms with Gasteiger partial charge in [0.1, 0.15) is 0 Å². The lowest BCUT2D eigenvalue weighted by atomic mass is 10.1. The number of aliphatic hydroxyl groups is 1. The fourth-order valence-corrected chi connectivity index (χ4v) is 2.04. The molecular formula is C11H22N2O2. The van der Waals surface area contributed by atoms with Gasteiger partial charge in [0.25, 0.3) is 0 Å². The van der Waals surface area contributed by atoms with Gasteiger partial charge in [-0.15, -0.1) is 0 Å². The van der Waals surface area contributed by atoms with Gasteiger partial charge in [-0.3, -0.25) is 4.79 Å². The highest BCUT2D eigenvalue weighted by Crippen LogP contribution is 2.14. The van der Waals surface area contributed by atoms with Crippen molar-refractivity contribution < 1.29 is 9.90 Å². The number of carbonyl (C=O) groups excluding carboxylic acids is 1. The Hall–Kier alpha value is -0.610. The van der Waals surface area contributed by atoms with Gasteiger partial charge >= 0.3 is 0 Å². The van der Waals surface area contributed by atoms with Crippen LogP contribution in [0.3, 0.4) is 0 Å². The molecule has 1 heterocycles. The third-order valence-corrected chi connectivity index (χ3v) is 2.90. The number of hydrogen-bond acceptors (Lipinski definition) is 3. The van der Waals surface area contributed by atoms with E-state index in [0.717, 1.165) is 32.5 Å². The number of hydrogen-bond donors (Lipinski definition) is 2. The van der Waals surface area contributed by atoms with Gasteiger partial charge in [0.05, 0.1) is 6.04 Å². The van der Waals surface area contributed by atoms with Gasteiger partial charge in [-0.1, -0.05) is 13.8 Å². The molecule has 1 amide bonds. The molecule has 1 saturated heterocycles. The summed E-state index contributed by atoms with van der Waals surface area (Å²) in [5.74, 6) is 0.612. The second kappa shape index (κ2) is 6.08. The van der Waals surface area contributed by atoms with Crippen LogP contribution in [0.15, 0.2) is 0 Å². The predicted molar refractivity (Wildman–Crippen MR) is 59.5 cm³/mol. The summed E-state index contributed by atoms with van der Waals surface area (Å²) in [6, 6.07) is 0.0244. The zero-order chi connectivity index (χ0) is 11.3. The first-order valence-electron chi connectivity index (χ1n) is 5.82. The maximum Gasteiger partial charge on any atom is 0.239 e. The molecule has 1 rings (SSSR count). The molecule has 4 heteroatoms. The SMILES string of the molecule is CCNC1CCN(CC(C)CCO)C1=O. The molecule has 0 spiro atoms. The highest BCUT2D eigenvalue weighted by atomic mass is 16.3. The van der Waals surface area contributed by atoms with Gasteiger partial charge in [0.15, 0.2) is 0 Å². The first-order chi connectivity index (χ1) is 7.19. The Balaban J connectivity index is 2.35. The fourth-order valence-electron chi connectivity index (χ4n) is 2.04. The van der Waals surface area contributed by atoms with Crippen molar-refractivity contribution in [2.24, 2.45) is 5.92 Å². The normalized spacial score (nSPS) is 23.5. The van der Waals surface area contributed by atoms with E-state index in [1.807, 2.05) is 11.8 Å². The molecule has 0 aromatic rings. The van der Waals surface area contributed by atoms with Crippen LogP contribution >= 0.6 is 0 Å². The van der Waals surface area contributed by atoms with E-state index in [1.165, 1.54) is 0 Å². The van der Waals surface area contributed by atoms with Crippen molar-refractivity contribution in [1.29, 1.82) is 0 Å². The predicted octanol–water partition coefficient (Wildman–Crippen LogP) is 0.215. The lowest BCUT2D eigenvalue weighted by molar-refractivity contribution is -0.129. The minimum Gasteiger partial charge on any atom is -0.396 e. The molecule has 88 valence electrons. The van der Waals surface area contributed by atoms with Gasteiger partial charge in [-0.05, 0) is 25.3 Å². The van der Waals surface area contributed by atoms with Crippen LogP contribution in [0, 0.1) is 5.92 Å². The minimum absolute atomic E-state index is 0.0244. The fraction of sp³-hybridized carbons (Fsp3) is 0.909. The summed E-state index contributed by atoms with van der Waals surface area (Å²) >= 11 is 0. The van der Waals surface area contributed by atoms with Crippen molar-refractivity contribution in [2.45, 2.75) is 32.7 Å². The smallest absolute Gasteiger partial charge is 0.239 e. The standard InChI is InChI=1S/C11H22N2O2/c1-3-12-10-4-6-13(11(10)15)8-9(2)5-7-14/h9-10,12,14H,3-8H2,1-2H3. The Kier molecular flexibility index (Phi) is 5.05. The van der Waals surface area contributed by atoms with E-state index < -0.39 is 0 Å². The zero-order valence-electron chi connectivity index (χ0n) is 9.70. The molecule has 1 aliphatic heterocycles. The van der Waals surface area contributed by atoms with Crippen LogP contribution in [0.1, 0.15) is 26.7 Å². The first-order valence-corrected chi connectivity index (χ1v) is 5.82. The lowest BCUT2D eigenvalue weighted by Gasteiger charge is -2.20. The molecule has 2 N–H and O–H groups in total. The third kappa shape index (κ3) is 3.47. The number of likely N-dealkylation sites (tertiary alicyclic amines) is 1. The summed E-state index contributed by atoms with van der Waals surface area (Å²) in [5, 5.41) is 12.0. The van der Waals surface area contributed by atoms with E-state index in [0.29, 0.717) is 5.92 Å². The summed E-state index contributed by atoms with van der Waals surface area (Å²) < 4.78 is 0. The van der Waals surface area contributed by atoms with Crippen molar-refractivity contribution in [3.05, 3.63) is 0 Å². The number of nitrogens with one attached hydrogen (secondary N) is 1. The van der Waals surface area contributed by atoms with Crippen LogP contribution in [0.4, 0.5) is 0 Å². The average Bonchev–Trinajstić information content (AvgIpc) is 2.51. The number of likely N-dealkylation sites (N-methyl/N-ethyl adjacent to an activating group) is 1. The Morgan fingerprint density at radius 1 is 1.67 bits per heavy atom. The van der Waals surface area contributed by atoms with Crippen LogP contribution in [0.5, 0.6) is 0 Å². The lowest BCUT2D eigenvalue weighted by Crippen LogP contribution is -2.39. The summed E-state index contributed by atoms with van der Waals surface area (Å²) in [6.45, 7) is 6.78. The maximum atomic E-state index is 11.8. The zero-order valence-corrected chi connectivity index (χ0v) is 9.70. The second-order valence-electron chi connectivity index (χ2n) is 4.30. The van der Waals surface area contributed by atoms with Gasteiger partial charge in [0, 0.05) is 19.7 Å². The molecule has 0 radical (unpaired) electrons. The van der Waals surface area contributed by atoms with E-state index in [2.05, 4.69) is 12.2 Å².